The highest BCUT2D eigenvalue weighted by Gasteiger charge is 2.05. The number of nitrogens with one attached hydrogen (secondary N) is 2. The van der Waals surface area contributed by atoms with E-state index in [4.69, 9.17) is 4.74 Å². The summed E-state index contributed by atoms with van der Waals surface area (Å²) in [4.78, 5) is 9.22. The third-order valence-electron chi connectivity index (χ3n) is 3.02. The highest BCUT2D eigenvalue weighted by atomic mass is 32.1. The standard InChI is InChI=1S/C17H32N4OS/c1-6-18-17(19-8-7-9-22-11-13(2)3)20-10-15-12-23-16(21-15)14(4)5/h12-14H,6-11H2,1-5H3,(H2,18,19,20). The van der Waals surface area contributed by atoms with E-state index in [9.17, 15) is 0 Å². The summed E-state index contributed by atoms with van der Waals surface area (Å²) >= 11 is 1.71. The summed E-state index contributed by atoms with van der Waals surface area (Å²) in [5, 5.41) is 9.88. The normalized spacial score (nSPS) is 12.2. The van der Waals surface area contributed by atoms with Crippen molar-refractivity contribution in [1.29, 1.82) is 0 Å². The van der Waals surface area contributed by atoms with Gasteiger partial charge in [-0.25, -0.2) is 9.98 Å². The summed E-state index contributed by atoms with van der Waals surface area (Å²) in [5.41, 5.74) is 1.04. The van der Waals surface area contributed by atoms with Crippen LogP contribution in [0.4, 0.5) is 0 Å². The lowest BCUT2D eigenvalue weighted by atomic mass is 10.2. The molecule has 0 spiro atoms. The summed E-state index contributed by atoms with van der Waals surface area (Å²) in [6, 6.07) is 0. The fourth-order valence-electron chi connectivity index (χ4n) is 1.86. The summed E-state index contributed by atoms with van der Waals surface area (Å²) in [7, 11) is 0. The number of thiazole rings is 1. The molecule has 0 bridgehead atoms. The van der Waals surface area contributed by atoms with Gasteiger partial charge in [0.25, 0.3) is 0 Å². The van der Waals surface area contributed by atoms with Crippen molar-refractivity contribution in [3.05, 3.63) is 16.1 Å². The Hall–Kier alpha value is -1.14. The summed E-state index contributed by atoms with van der Waals surface area (Å²) in [6.45, 7) is 14.7. The molecule has 1 heterocycles. The zero-order valence-corrected chi connectivity index (χ0v) is 16.0. The molecule has 0 aliphatic carbocycles. The fraction of sp³-hybridized carbons (Fsp3) is 0.765. The first-order valence-corrected chi connectivity index (χ1v) is 9.45. The first-order chi connectivity index (χ1) is 11.0. The minimum Gasteiger partial charge on any atom is -0.381 e. The molecule has 2 N–H and O–H groups in total. The molecule has 5 nitrogen and oxygen atoms in total. The van der Waals surface area contributed by atoms with E-state index in [0.717, 1.165) is 44.4 Å². The Kier molecular flexibility index (Phi) is 9.87. The van der Waals surface area contributed by atoms with Gasteiger partial charge in [0.2, 0.25) is 0 Å². The molecule has 132 valence electrons. The minimum atomic E-state index is 0.481. The number of aliphatic imine (C=N–C) groups is 1. The van der Waals surface area contributed by atoms with Gasteiger partial charge in [-0.05, 0) is 19.3 Å². The Morgan fingerprint density at radius 3 is 2.70 bits per heavy atom. The number of aromatic nitrogens is 1. The second-order valence-corrected chi connectivity index (χ2v) is 7.17. The maximum absolute atomic E-state index is 5.58. The van der Waals surface area contributed by atoms with Crippen molar-refractivity contribution in [1.82, 2.24) is 15.6 Å². The highest BCUT2D eigenvalue weighted by molar-refractivity contribution is 7.09. The molecule has 23 heavy (non-hydrogen) atoms. The zero-order valence-electron chi connectivity index (χ0n) is 15.2. The van der Waals surface area contributed by atoms with Gasteiger partial charge in [0.05, 0.1) is 17.2 Å². The summed E-state index contributed by atoms with van der Waals surface area (Å²) < 4.78 is 5.58. The average Bonchev–Trinajstić information content (AvgIpc) is 2.97. The second-order valence-electron chi connectivity index (χ2n) is 6.28. The molecule has 1 aromatic rings. The topological polar surface area (TPSA) is 58.5 Å². The van der Waals surface area contributed by atoms with Crippen LogP contribution in [-0.4, -0.2) is 37.2 Å². The SMILES string of the molecule is CCNC(=NCc1csc(C(C)C)n1)NCCCOCC(C)C. The Morgan fingerprint density at radius 1 is 1.30 bits per heavy atom. The van der Waals surface area contributed by atoms with Crippen molar-refractivity contribution in [2.45, 2.75) is 53.5 Å². The Bertz CT molecular complexity index is 457. The Morgan fingerprint density at radius 2 is 2.09 bits per heavy atom. The van der Waals surface area contributed by atoms with E-state index in [1.54, 1.807) is 11.3 Å². The molecular formula is C17H32N4OS. The molecular weight excluding hydrogens is 308 g/mol. The van der Waals surface area contributed by atoms with E-state index in [-0.39, 0.29) is 0 Å². The molecule has 0 unspecified atom stereocenters. The van der Waals surface area contributed by atoms with E-state index in [1.165, 1.54) is 5.01 Å². The van der Waals surface area contributed by atoms with Crippen LogP contribution in [0.25, 0.3) is 0 Å². The lowest BCUT2D eigenvalue weighted by molar-refractivity contribution is 0.108. The van der Waals surface area contributed by atoms with Crippen LogP contribution in [0.5, 0.6) is 0 Å². The van der Waals surface area contributed by atoms with E-state index < -0.39 is 0 Å². The lowest BCUT2D eigenvalue weighted by Gasteiger charge is -2.11. The lowest BCUT2D eigenvalue weighted by Crippen LogP contribution is -2.38. The molecule has 1 aromatic heterocycles. The molecule has 1 rings (SSSR count). The maximum Gasteiger partial charge on any atom is 0.191 e. The van der Waals surface area contributed by atoms with Crippen molar-refractivity contribution in [2.75, 3.05) is 26.3 Å². The third-order valence-corrected chi connectivity index (χ3v) is 4.21. The number of guanidine groups is 1. The molecule has 0 aromatic carbocycles. The predicted octanol–water partition coefficient (Wildman–Crippen LogP) is 3.38. The van der Waals surface area contributed by atoms with Gasteiger partial charge in [0.15, 0.2) is 5.96 Å². The first-order valence-electron chi connectivity index (χ1n) is 8.57. The van der Waals surface area contributed by atoms with E-state index in [0.29, 0.717) is 18.4 Å². The van der Waals surface area contributed by atoms with Crippen molar-refractivity contribution in [3.63, 3.8) is 0 Å². The number of rotatable bonds is 10. The molecule has 0 saturated carbocycles. The van der Waals surface area contributed by atoms with Gasteiger partial charge in [-0.3, -0.25) is 0 Å². The van der Waals surface area contributed by atoms with Gasteiger partial charge >= 0.3 is 0 Å². The minimum absolute atomic E-state index is 0.481. The number of ether oxygens (including phenoxy) is 1. The van der Waals surface area contributed by atoms with Gasteiger partial charge in [-0.1, -0.05) is 27.7 Å². The van der Waals surface area contributed by atoms with E-state index in [2.05, 4.69) is 60.6 Å². The number of nitrogens with zero attached hydrogens (tertiary/aromatic N) is 2. The number of hydrogen-bond acceptors (Lipinski definition) is 4. The van der Waals surface area contributed by atoms with Crippen LogP contribution in [-0.2, 0) is 11.3 Å². The monoisotopic (exact) mass is 340 g/mol. The van der Waals surface area contributed by atoms with Crippen LogP contribution in [0.1, 0.15) is 57.7 Å². The van der Waals surface area contributed by atoms with E-state index >= 15 is 0 Å². The average molecular weight is 341 g/mol. The largest absolute Gasteiger partial charge is 0.381 e. The zero-order chi connectivity index (χ0) is 17.1. The maximum atomic E-state index is 5.58. The van der Waals surface area contributed by atoms with Crippen LogP contribution in [0.2, 0.25) is 0 Å². The van der Waals surface area contributed by atoms with Gasteiger partial charge in [0.1, 0.15) is 0 Å². The molecule has 0 aliphatic rings. The molecule has 0 saturated heterocycles. The van der Waals surface area contributed by atoms with Crippen LogP contribution < -0.4 is 10.6 Å². The van der Waals surface area contributed by atoms with Crippen LogP contribution in [0.15, 0.2) is 10.4 Å². The quantitative estimate of drug-likeness (QED) is 0.389. The van der Waals surface area contributed by atoms with Crippen LogP contribution in [0.3, 0.4) is 0 Å². The number of hydrogen-bond donors (Lipinski definition) is 2. The van der Waals surface area contributed by atoms with Gasteiger partial charge < -0.3 is 15.4 Å². The van der Waals surface area contributed by atoms with Crippen molar-refractivity contribution >= 4 is 17.3 Å². The fourth-order valence-corrected chi connectivity index (χ4v) is 2.69. The molecule has 0 aliphatic heterocycles. The first kappa shape index (κ1) is 19.9. The van der Waals surface area contributed by atoms with Crippen molar-refractivity contribution in [2.24, 2.45) is 10.9 Å². The van der Waals surface area contributed by atoms with E-state index in [1.807, 2.05) is 0 Å². The van der Waals surface area contributed by atoms with Crippen molar-refractivity contribution in [3.8, 4) is 0 Å². The predicted molar refractivity (Wildman–Crippen MR) is 99.3 cm³/mol. The second kappa shape index (κ2) is 11.4. The molecule has 0 amide bonds. The molecule has 0 fully saturated rings. The highest BCUT2D eigenvalue weighted by Crippen LogP contribution is 2.19. The molecule has 0 atom stereocenters. The smallest absolute Gasteiger partial charge is 0.191 e. The van der Waals surface area contributed by atoms with Gasteiger partial charge in [-0.2, -0.15) is 0 Å². The van der Waals surface area contributed by atoms with Crippen LogP contribution in [0, 0.1) is 5.92 Å². The van der Waals surface area contributed by atoms with Crippen molar-refractivity contribution < 1.29 is 4.74 Å². The summed E-state index contributed by atoms with van der Waals surface area (Å²) in [5.74, 6) is 1.92. The van der Waals surface area contributed by atoms with Crippen LogP contribution >= 0.6 is 11.3 Å². The Balaban J connectivity index is 2.34. The third kappa shape index (κ3) is 8.91. The summed E-state index contributed by atoms with van der Waals surface area (Å²) in [6.07, 6.45) is 0.978. The van der Waals surface area contributed by atoms with Gasteiger partial charge in [0, 0.05) is 37.6 Å². The van der Waals surface area contributed by atoms with Gasteiger partial charge in [-0.15, -0.1) is 11.3 Å². The Labute approximate surface area is 145 Å². The molecule has 6 heteroatoms. The molecule has 0 radical (unpaired) electrons.